The van der Waals surface area contributed by atoms with Crippen LogP contribution in [-0.2, 0) is 6.54 Å². The van der Waals surface area contributed by atoms with Gasteiger partial charge < -0.3 is 9.88 Å². The van der Waals surface area contributed by atoms with Crippen molar-refractivity contribution < 1.29 is 0 Å². The van der Waals surface area contributed by atoms with E-state index in [2.05, 4.69) is 50.3 Å². The van der Waals surface area contributed by atoms with Crippen molar-refractivity contribution in [2.45, 2.75) is 38.3 Å². The van der Waals surface area contributed by atoms with Gasteiger partial charge in [0.1, 0.15) is 5.82 Å². The summed E-state index contributed by atoms with van der Waals surface area (Å²) in [6, 6.07) is 11.0. The van der Waals surface area contributed by atoms with Gasteiger partial charge in [0, 0.05) is 42.1 Å². The molecule has 134 valence electrons. The molecule has 1 saturated heterocycles. The van der Waals surface area contributed by atoms with Crippen molar-refractivity contribution in [1.29, 1.82) is 0 Å². The highest BCUT2D eigenvalue weighted by Gasteiger charge is 2.14. The molecule has 2 aromatic heterocycles. The van der Waals surface area contributed by atoms with Crippen LogP contribution in [0.15, 0.2) is 48.9 Å². The summed E-state index contributed by atoms with van der Waals surface area (Å²) in [5.74, 6) is 1.03. The first-order valence-electron chi connectivity index (χ1n) is 8.50. The molecule has 1 N–H and O–H groups in total. The van der Waals surface area contributed by atoms with Gasteiger partial charge in [-0.3, -0.25) is 4.98 Å². The summed E-state index contributed by atoms with van der Waals surface area (Å²) in [6.07, 6.45) is 11.0. The van der Waals surface area contributed by atoms with E-state index in [9.17, 15) is 0 Å². The van der Waals surface area contributed by atoms with Crippen molar-refractivity contribution >= 4 is 35.7 Å². The molecule has 0 saturated carbocycles. The Morgan fingerprint density at radius 3 is 2.88 bits per heavy atom. The molecule has 6 heteroatoms. The first-order valence-corrected chi connectivity index (χ1v) is 8.50. The summed E-state index contributed by atoms with van der Waals surface area (Å²) in [6.45, 7) is 2.12. The number of rotatable bonds is 3. The van der Waals surface area contributed by atoms with Gasteiger partial charge in [0.25, 0.3) is 0 Å². The highest BCUT2D eigenvalue weighted by atomic mass is 35.5. The van der Waals surface area contributed by atoms with Crippen LogP contribution in [0, 0.1) is 0 Å². The molecule has 1 fully saturated rings. The van der Waals surface area contributed by atoms with E-state index < -0.39 is 0 Å². The lowest BCUT2D eigenvalue weighted by atomic mass is 10.1. The number of pyridine rings is 1. The van der Waals surface area contributed by atoms with Gasteiger partial charge in [-0.15, -0.1) is 24.8 Å². The Morgan fingerprint density at radius 1 is 1.04 bits per heavy atom. The third-order valence-electron chi connectivity index (χ3n) is 4.66. The van der Waals surface area contributed by atoms with E-state index in [0.717, 1.165) is 30.0 Å². The van der Waals surface area contributed by atoms with E-state index >= 15 is 0 Å². The number of fused-ring (bicyclic) bond motifs is 1. The van der Waals surface area contributed by atoms with Crippen LogP contribution in [0.4, 0.5) is 0 Å². The van der Waals surface area contributed by atoms with Crippen molar-refractivity contribution in [1.82, 2.24) is 19.9 Å². The Bertz CT molecular complexity index is 795. The molecule has 0 bridgehead atoms. The van der Waals surface area contributed by atoms with Gasteiger partial charge >= 0.3 is 0 Å². The van der Waals surface area contributed by atoms with Crippen molar-refractivity contribution in [2.24, 2.45) is 0 Å². The summed E-state index contributed by atoms with van der Waals surface area (Å²) in [5.41, 5.74) is 2.15. The third kappa shape index (κ3) is 4.51. The van der Waals surface area contributed by atoms with E-state index in [4.69, 9.17) is 0 Å². The lowest BCUT2D eigenvalue weighted by Crippen LogP contribution is -2.32. The summed E-state index contributed by atoms with van der Waals surface area (Å²) in [7, 11) is 0. The SMILES string of the molecule is Cl.Cl.c1cnc2cc(-c3nccn3CC3CCCCCN3)ccc2c1. The highest BCUT2D eigenvalue weighted by molar-refractivity contribution is 5.85. The van der Waals surface area contributed by atoms with Crippen LogP contribution < -0.4 is 5.32 Å². The standard InChI is InChI=1S/C19H22N4.2ClH/c1-2-6-17(20-9-3-1)14-23-12-11-22-19(23)16-8-7-15-5-4-10-21-18(15)13-16;;/h4-5,7-8,10-13,17,20H,1-3,6,9,14H2;2*1H. The Labute approximate surface area is 160 Å². The number of aromatic nitrogens is 3. The van der Waals surface area contributed by atoms with Crippen molar-refractivity contribution in [3.63, 3.8) is 0 Å². The molecule has 1 aliphatic heterocycles. The maximum Gasteiger partial charge on any atom is 0.140 e. The van der Waals surface area contributed by atoms with Gasteiger partial charge in [0.15, 0.2) is 0 Å². The van der Waals surface area contributed by atoms with Crippen LogP contribution in [0.5, 0.6) is 0 Å². The van der Waals surface area contributed by atoms with E-state index in [-0.39, 0.29) is 24.8 Å². The molecule has 3 aromatic rings. The zero-order chi connectivity index (χ0) is 15.5. The fourth-order valence-corrected chi connectivity index (χ4v) is 3.42. The Balaban J connectivity index is 0.00000113. The molecular weight excluding hydrogens is 355 g/mol. The normalized spacial score (nSPS) is 17.4. The molecule has 4 rings (SSSR count). The Morgan fingerprint density at radius 2 is 1.96 bits per heavy atom. The fourth-order valence-electron chi connectivity index (χ4n) is 3.42. The number of halogens is 2. The van der Waals surface area contributed by atoms with Crippen molar-refractivity contribution in [3.05, 3.63) is 48.9 Å². The van der Waals surface area contributed by atoms with Crippen molar-refractivity contribution in [2.75, 3.05) is 6.54 Å². The van der Waals surface area contributed by atoms with E-state index in [1.807, 2.05) is 18.5 Å². The molecule has 1 unspecified atom stereocenters. The zero-order valence-electron chi connectivity index (χ0n) is 14.1. The van der Waals surface area contributed by atoms with Crippen LogP contribution in [0.25, 0.3) is 22.3 Å². The number of imidazole rings is 1. The Kier molecular flexibility index (Phi) is 7.24. The van der Waals surface area contributed by atoms with Crippen LogP contribution in [-0.4, -0.2) is 27.1 Å². The van der Waals surface area contributed by atoms with Crippen LogP contribution >= 0.6 is 24.8 Å². The average molecular weight is 379 g/mol. The molecular formula is C19H24Cl2N4. The molecule has 25 heavy (non-hydrogen) atoms. The van der Waals surface area contributed by atoms with Gasteiger partial charge in [0.2, 0.25) is 0 Å². The quantitative estimate of drug-likeness (QED) is 0.730. The fraction of sp³-hybridized carbons (Fsp3) is 0.368. The van der Waals surface area contributed by atoms with Crippen LogP contribution in [0.3, 0.4) is 0 Å². The molecule has 4 nitrogen and oxygen atoms in total. The third-order valence-corrected chi connectivity index (χ3v) is 4.66. The van der Waals surface area contributed by atoms with Gasteiger partial charge in [0.05, 0.1) is 5.52 Å². The van der Waals surface area contributed by atoms with Gasteiger partial charge in [-0.05, 0) is 31.5 Å². The van der Waals surface area contributed by atoms with Crippen LogP contribution in [0.1, 0.15) is 25.7 Å². The topological polar surface area (TPSA) is 42.7 Å². The molecule has 0 radical (unpaired) electrons. The molecule has 0 amide bonds. The lowest BCUT2D eigenvalue weighted by molar-refractivity contribution is 0.446. The highest BCUT2D eigenvalue weighted by Crippen LogP contribution is 2.23. The zero-order valence-corrected chi connectivity index (χ0v) is 15.7. The summed E-state index contributed by atoms with van der Waals surface area (Å²) >= 11 is 0. The van der Waals surface area contributed by atoms with Gasteiger partial charge in [-0.1, -0.05) is 31.0 Å². The van der Waals surface area contributed by atoms with Crippen molar-refractivity contribution in [3.8, 4) is 11.4 Å². The number of hydrogen-bond donors (Lipinski definition) is 1. The van der Waals surface area contributed by atoms with Gasteiger partial charge in [-0.25, -0.2) is 4.98 Å². The summed E-state index contributed by atoms with van der Waals surface area (Å²) in [4.78, 5) is 9.05. The minimum absolute atomic E-state index is 0. The van der Waals surface area contributed by atoms with E-state index in [1.165, 1.54) is 31.1 Å². The second-order valence-corrected chi connectivity index (χ2v) is 6.31. The van der Waals surface area contributed by atoms with Gasteiger partial charge in [-0.2, -0.15) is 0 Å². The molecule has 3 heterocycles. The average Bonchev–Trinajstić information content (AvgIpc) is 2.89. The predicted molar refractivity (Wildman–Crippen MR) is 108 cm³/mol. The summed E-state index contributed by atoms with van der Waals surface area (Å²) in [5, 5.41) is 4.83. The number of nitrogens with zero attached hydrogens (tertiary/aromatic N) is 3. The first kappa shape index (κ1) is 19.7. The minimum Gasteiger partial charge on any atom is -0.329 e. The Hall–Kier alpha value is -1.62. The lowest BCUT2D eigenvalue weighted by Gasteiger charge is -2.18. The first-order chi connectivity index (χ1) is 11.4. The molecule has 1 aliphatic rings. The maximum atomic E-state index is 4.59. The maximum absolute atomic E-state index is 4.59. The second kappa shape index (κ2) is 9.18. The molecule has 0 aliphatic carbocycles. The number of hydrogen-bond acceptors (Lipinski definition) is 3. The monoisotopic (exact) mass is 378 g/mol. The number of nitrogens with one attached hydrogen (secondary N) is 1. The van der Waals surface area contributed by atoms with E-state index in [1.54, 1.807) is 0 Å². The molecule has 1 aromatic carbocycles. The number of benzene rings is 1. The smallest absolute Gasteiger partial charge is 0.140 e. The minimum atomic E-state index is 0. The van der Waals surface area contributed by atoms with E-state index in [0.29, 0.717) is 6.04 Å². The predicted octanol–water partition coefficient (Wildman–Crippen LogP) is 4.47. The largest absolute Gasteiger partial charge is 0.329 e. The molecule has 0 spiro atoms. The molecule has 1 atom stereocenters. The van der Waals surface area contributed by atoms with Crippen LogP contribution in [0.2, 0.25) is 0 Å². The second-order valence-electron chi connectivity index (χ2n) is 6.31. The summed E-state index contributed by atoms with van der Waals surface area (Å²) < 4.78 is 2.27.